The summed E-state index contributed by atoms with van der Waals surface area (Å²) in [6.45, 7) is 1.67. The van der Waals surface area contributed by atoms with Crippen molar-refractivity contribution in [3.8, 4) is 0 Å². The Labute approximate surface area is 138 Å². The fraction of sp³-hybridized carbons (Fsp3) is 0.0667. The van der Waals surface area contributed by atoms with Crippen LogP contribution in [0.1, 0.15) is 16.2 Å². The lowest BCUT2D eigenvalue weighted by Crippen LogP contribution is -2.14. The van der Waals surface area contributed by atoms with Crippen LogP contribution in [0.3, 0.4) is 0 Å². The molecule has 0 fully saturated rings. The number of nitrogens with one attached hydrogen (secondary N) is 2. The summed E-state index contributed by atoms with van der Waals surface area (Å²) in [6.07, 6.45) is 2.27. The van der Waals surface area contributed by atoms with Crippen molar-refractivity contribution in [1.82, 2.24) is 15.1 Å². The number of aromatic nitrogens is 3. The molecule has 7 nitrogen and oxygen atoms in total. The van der Waals surface area contributed by atoms with E-state index in [1.165, 1.54) is 6.07 Å². The van der Waals surface area contributed by atoms with Crippen LogP contribution in [0.2, 0.25) is 0 Å². The van der Waals surface area contributed by atoms with Gasteiger partial charge in [-0.3, -0.25) is 4.79 Å². The van der Waals surface area contributed by atoms with E-state index in [0.29, 0.717) is 5.76 Å². The molecule has 0 aliphatic rings. The number of carbonyl (C=O) groups excluding carboxylic acids is 1. The first-order valence-electron chi connectivity index (χ1n) is 6.91. The highest BCUT2D eigenvalue weighted by atomic mass is 19.2. The van der Waals surface area contributed by atoms with Gasteiger partial charge >= 0.3 is 0 Å². The highest BCUT2D eigenvalue weighted by molar-refractivity contribution is 6.02. The van der Waals surface area contributed by atoms with Crippen molar-refractivity contribution >= 4 is 23.2 Å². The summed E-state index contributed by atoms with van der Waals surface area (Å²) in [5.74, 6) is -4.08. The average Bonchev–Trinajstić information content (AvgIpc) is 3.01. The van der Waals surface area contributed by atoms with Crippen LogP contribution < -0.4 is 10.6 Å². The number of rotatable bonds is 4. The number of carbonyl (C=O) groups is 1. The van der Waals surface area contributed by atoms with Gasteiger partial charge in [-0.25, -0.2) is 23.1 Å². The lowest BCUT2D eigenvalue weighted by atomic mass is 10.3. The van der Waals surface area contributed by atoms with Crippen LogP contribution in [0.25, 0.3) is 0 Å². The lowest BCUT2D eigenvalue weighted by molar-refractivity contribution is 0.102. The van der Waals surface area contributed by atoms with Crippen LogP contribution in [0.15, 0.2) is 35.1 Å². The van der Waals surface area contributed by atoms with E-state index in [1.807, 2.05) is 0 Å². The fourth-order valence-corrected chi connectivity index (χ4v) is 1.88. The van der Waals surface area contributed by atoms with Crippen molar-refractivity contribution in [3.05, 3.63) is 59.5 Å². The number of benzene rings is 1. The zero-order valence-electron chi connectivity index (χ0n) is 12.7. The van der Waals surface area contributed by atoms with E-state index >= 15 is 0 Å². The Bertz CT molecular complexity index is 927. The van der Waals surface area contributed by atoms with Crippen molar-refractivity contribution < 1.29 is 22.5 Å². The smallest absolute Gasteiger partial charge is 0.277 e. The minimum atomic E-state index is -1.60. The summed E-state index contributed by atoms with van der Waals surface area (Å²) in [5, 5.41) is 8.50. The Morgan fingerprint density at radius 1 is 1.08 bits per heavy atom. The van der Waals surface area contributed by atoms with Crippen molar-refractivity contribution in [3.63, 3.8) is 0 Å². The van der Waals surface area contributed by atoms with Crippen molar-refractivity contribution in [2.24, 2.45) is 0 Å². The highest BCUT2D eigenvalue weighted by Crippen LogP contribution is 2.22. The molecule has 2 N–H and O–H groups in total. The van der Waals surface area contributed by atoms with E-state index in [0.717, 1.165) is 24.5 Å². The van der Waals surface area contributed by atoms with E-state index in [9.17, 15) is 18.0 Å². The Morgan fingerprint density at radius 3 is 2.52 bits per heavy atom. The summed E-state index contributed by atoms with van der Waals surface area (Å²) >= 11 is 0. The minimum Gasteiger partial charge on any atom is -0.360 e. The maximum Gasteiger partial charge on any atom is 0.277 e. The second-order valence-corrected chi connectivity index (χ2v) is 4.91. The molecule has 3 rings (SSSR count). The van der Waals surface area contributed by atoms with Crippen LogP contribution in [0.5, 0.6) is 0 Å². The summed E-state index contributed by atoms with van der Waals surface area (Å²) in [4.78, 5) is 19.7. The zero-order valence-corrected chi connectivity index (χ0v) is 12.7. The van der Waals surface area contributed by atoms with Crippen LogP contribution in [-0.4, -0.2) is 21.0 Å². The highest BCUT2D eigenvalue weighted by Gasteiger charge is 2.15. The van der Waals surface area contributed by atoms with E-state index in [2.05, 4.69) is 25.8 Å². The lowest BCUT2D eigenvalue weighted by Gasteiger charge is -2.07. The number of halogens is 3. The molecule has 0 radical (unpaired) electrons. The van der Waals surface area contributed by atoms with Crippen LogP contribution in [0, 0.1) is 24.4 Å². The molecule has 0 bridgehead atoms. The number of nitrogens with zero attached hydrogens (tertiary/aromatic N) is 3. The normalized spacial score (nSPS) is 10.6. The van der Waals surface area contributed by atoms with Crippen molar-refractivity contribution in [1.29, 1.82) is 0 Å². The third-order valence-electron chi connectivity index (χ3n) is 3.05. The van der Waals surface area contributed by atoms with Gasteiger partial charge in [0, 0.05) is 6.07 Å². The van der Waals surface area contributed by atoms with Gasteiger partial charge in [0.2, 0.25) is 0 Å². The van der Waals surface area contributed by atoms with Crippen molar-refractivity contribution in [2.75, 3.05) is 10.6 Å². The first-order chi connectivity index (χ1) is 11.9. The number of amides is 1. The van der Waals surface area contributed by atoms with Gasteiger partial charge < -0.3 is 15.2 Å². The van der Waals surface area contributed by atoms with Gasteiger partial charge in [-0.1, -0.05) is 5.16 Å². The Balaban J connectivity index is 1.72. The Kier molecular flexibility index (Phi) is 4.33. The molecule has 0 aliphatic carbocycles. The first-order valence-corrected chi connectivity index (χ1v) is 6.91. The molecule has 0 saturated carbocycles. The van der Waals surface area contributed by atoms with Crippen LogP contribution in [0.4, 0.5) is 30.5 Å². The second-order valence-electron chi connectivity index (χ2n) is 4.91. The number of aryl methyl sites for hydroxylation is 1. The standard InChI is InChI=1S/C15H10F3N5O2/c1-7-4-11(23-25-7)22-15(24)10-5-20-12(6-19-10)21-9-3-2-8(16)13(17)14(9)18/h2-6H,1H3,(H,20,21)(H,22,23,24). The summed E-state index contributed by atoms with van der Waals surface area (Å²) in [6, 6.07) is 3.31. The quantitative estimate of drug-likeness (QED) is 0.703. The van der Waals surface area contributed by atoms with E-state index in [4.69, 9.17) is 4.52 Å². The molecule has 25 heavy (non-hydrogen) atoms. The van der Waals surface area contributed by atoms with Gasteiger partial charge in [-0.2, -0.15) is 0 Å². The van der Waals surface area contributed by atoms with E-state index in [1.54, 1.807) is 6.92 Å². The predicted molar refractivity (Wildman–Crippen MR) is 80.8 cm³/mol. The fourth-order valence-electron chi connectivity index (χ4n) is 1.88. The van der Waals surface area contributed by atoms with Crippen molar-refractivity contribution in [2.45, 2.75) is 6.92 Å². The summed E-state index contributed by atoms with van der Waals surface area (Å²) < 4.78 is 44.5. The average molecular weight is 349 g/mol. The maximum absolute atomic E-state index is 13.6. The third kappa shape index (κ3) is 3.57. The molecular weight excluding hydrogens is 339 g/mol. The molecule has 1 amide bonds. The molecule has 128 valence electrons. The molecule has 0 spiro atoms. The number of hydrogen-bond donors (Lipinski definition) is 2. The molecule has 10 heteroatoms. The molecule has 2 aromatic heterocycles. The topological polar surface area (TPSA) is 92.9 Å². The van der Waals surface area contributed by atoms with Crippen LogP contribution >= 0.6 is 0 Å². The number of anilines is 3. The molecular formula is C15H10F3N5O2. The molecule has 0 aliphatic heterocycles. The SMILES string of the molecule is Cc1cc(NC(=O)c2cnc(Nc3ccc(F)c(F)c3F)cn2)no1. The Hall–Kier alpha value is -3.43. The summed E-state index contributed by atoms with van der Waals surface area (Å²) in [5.41, 5.74) is -0.347. The van der Waals surface area contributed by atoms with Gasteiger partial charge in [0.15, 0.2) is 23.3 Å². The molecule has 0 atom stereocenters. The maximum atomic E-state index is 13.6. The zero-order chi connectivity index (χ0) is 18.0. The Morgan fingerprint density at radius 2 is 1.88 bits per heavy atom. The minimum absolute atomic E-state index is 0.0306. The van der Waals surface area contributed by atoms with E-state index < -0.39 is 23.4 Å². The van der Waals surface area contributed by atoms with Crippen LogP contribution in [-0.2, 0) is 0 Å². The number of hydrogen-bond acceptors (Lipinski definition) is 6. The molecule has 1 aromatic carbocycles. The third-order valence-corrected chi connectivity index (χ3v) is 3.05. The van der Waals surface area contributed by atoms with Gasteiger partial charge in [0.05, 0.1) is 18.1 Å². The second kappa shape index (κ2) is 6.59. The van der Waals surface area contributed by atoms with E-state index in [-0.39, 0.29) is 23.0 Å². The molecule has 0 saturated heterocycles. The predicted octanol–water partition coefficient (Wildman–Crippen LogP) is 3.19. The summed E-state index contributed by atoms with van der Waals surface area (Å²) in [7, 11) is 0. The van der Waals surface area contributed by atoms with Gasteiger partial charge in [0.1, 0.15) is 17.3 Å². The molecule has 2 heterocycles. The van der Waals surface area contributed by atoms with Gasteiger partial charge in [-0.15, -0.1) is 0 Å². The monoisotopic (exact) mass is 349 g/mol. The van der Waals surface area contributed by atoms with Gasteiger partial charge in [-0.05, 0) is 19.1 Å². The first kappa shape index (κ1) is 16.4. The largest absolute Gasteiger partial charge is 0.360 e. The van der Waals surface area contributed by atoms with Gasteiger partial charge in [0.25, 0.3) is 5.91 Å². The molecule has 3 aromatic rings. The molecule has 0 unspecified atom stereocenters.